The van der Waals surface area contributed by atoms with Crippen molar-refractivity contribution >= 4 is 16.5 Å². The van der Waals surface area contributed by atoms with Gasteiger partial charge in [-0.05, 0) is 31.0 Å². The van der Waals surface area contributed by atoms with Crippen molar-refractivity contribution in [2.24, 2.45) is 0 Å². The van der Waals surface area contributed by atoms with E-state index in [4.69, 9.17) is 5.73 Å². The van der Waals surface area contributed by atoms with Gasteiger partial charge in [-0.3, -0.25) is 0 Å². The molecule has 0 unspecified atom stereocenters. The van der Waals surface area contributed by atoms with E-state index in [1.54, 1.807) is 0 Å². The quantitative estimate of drug-likeness (QED) is 0.702. The first-order valence-electron chi connectivity index (χ1n) is 7.99. The van der Waals surface area contributed by atoms with Crippen molar-refractivity contribution in [1.82, 2.24) is 9.88 Å². The second-order valence-electron chi connectivity index (χ2n) is 6.00. The fourth-order valence-corrected chi connectivity index (χ4v) is 3.82. The monoisotopic (exact) mass is 405 g/mol. The number of anilines is 1. The van der Waals surface area contributed by atoms with E-state index < -0.39 is 24.1 Å². The summed E-state index contributed by atoms with van der Waals surface area (Å²) in [6.07, 6.45) is -3.03. The van der Waals surface area contributed by atoms with Crippen molar-refractivity contribution in [1.29, 1.82) is 0 Å². The van der Waals surface area contributed by atoms with Gasteiger partial charge in [0.05, 0.1) is 22.7 Å². The molecule has 0 atom stereocenters. The normalized spacial score (nSPS) is 15.0. The Morgan fingerprint density at radius 1 is 1.33 bits per heavy atom. The highest BCUT2D eigenvalue weighted by Gasteiger charge is 2.36. The number of benzene rings is 1. The summed E-state index contributed by atoms with van der Waals surface area (Å²) in [7, 11) is 0. The lowest BCUT2D eigenvalue weighted by Gasteiger charge is -2.19. The molecule has 1 aromatic carbocycles. The zero-order valence-corrected chi connectivity index (χ0v) is 14.8. The molecule has 0 spiro atoms. The van der Waals surface area contributed by atoms with E-state index in [1.165, 1.54) is 17.4 Å². The maximum Gasteiger partial charge on any atom is 0.419 e. The van der Waals surface area contributed by atoms with E-state index in [2.05, 4.69) is 16.3 Å². The molecule has 1 fully saturated rings. The van der Waals surface area contributed by atoms with Gasteiger partial charge in [0.25, 0.3) is 0 Å². The standard InChI is InChI=1S/C17H16F5N3OS/c1-9-3-2-6-25(9)8-13-14(24-16(23)27-13)10-4-5-12(26-15(18)19)11(7-10)17(20,21)22/h4-5,7,15H,1-3,6,8H2,(H2,23,24). The number of nitrogens with zero attached hydrogens (tertiary/aromatic N) is 2. The summed E-state index contributed by atoms with van der Waals surface area (Å²) in [5, 5.41) is 0.214. The molecule has 1 saturated heterocycles. The fourth-order valence-electron chi connectivity index (χ4n) is 2.95. The van der Waals surface area contributed by atoms with E-state index in [9.17, 15) is 22.0 Å². The Hall–Kier alpha value is -2.36. The van der Waals surface area contributed by atoms with Gasteiger partial charge in [0.15, 0.2) is 5.13 Å². The maximum absolute atomic E-state index is 13.3. The minimum Gasteiger partial charge on any atom is -0.434 e. The van der Waals surface area contributed by atoms with Crippen molar-refractivity contribution < 1.29 is 26.7 Å². The number of rotatable bonds is 5. The molecule has 0 bridgehead atoms. The molecule has 3 rings (SSSR count). The average molecular weight is 405 g/mol. The van der Waals surface area contributed by atoms with Crippen LogP contribution in [0.4, 0.5) is 27.1 Å². The van der Waals surface area contributed by atoms with E-state index >= 15 is 0 Å². The lowest BCUT2D eigenvalue weighted by Crippen LogP contribution is -2.16. The Morgan fingerprint density at radius 3 is 2.67 bits per heavy atom. The van der Waals surface area contributed by atoms with Crippen LogP contribution in [0, 0.1) is 0 Å². The number of thiazole rings is 1. The molecule has 0 aliphatic carbocycles. The molecule has 2 N–H and O–H groups in total. The minimum absolute atomic E-state index is 0.136. The average Bonchev–Trinajstić information content (AvgIpc) is 3.12. The predicted molar refractivity (Wildman–Crippen MR) is 92.4 cm³/mol. The summed E-state index contributed by atoms with van der Waals surface area (Å²) in [5.41, 5.74) is 5.86. The number of alkyl halides is 5. The predicted octanol–water partition coefficient (Wildman–Crippen LogP) is 5.12. The topological polar surface area (TPSA) is 51.4 Å². The van der Waals surface area contributed by atoms with Crippen LogP contribution in [0.1, 0.15) is 23.3 Å². The molecule has 1 aliphatic heterocycles. The molecular formula is C17H16F5N3OS. The number of allylic oxidation sites excluding steroid dienone is 1. The van der Waals surface area contributed by atoms with Gasteiger partial charge < -0.3 is 15.4 Å². The highest BCUT2D eigenvalue weighted by Crippen LogP contribution is 2.41. The molecule has 2 heterocycles. The molecule has 0 radical (unpaired) electrons. The summed E-state index contributed by atoms with van der Waals surface area (Å²) >= 11 is 1.18. The number of likely N-dealkylation sites (tertiary alicyclic amines) is 1. The Bertz CT molecular complexity index is 850. The van der Waals surface area contributed by atoms with Crippen LogP contribution in [0.5, 0.6) is 5.75 Å². The van der Waals surface area contributed by atoms with Crippen LogP contribution in [0.15, 0.2) is 30.5 Å². The Kier molecular flexibility index (Phi) is 5.27. The molecule has 4 nitrogen and oxygen atoms in total. The number of halogens is 5. The molecule has 0 amide bonds. The van der Waals surface area contributed by atoms with Crippen molar-refractivity contribution in [3.8, 4) is 17.0 Å². The van der Waals surface area contributed by atoms with Crippen LogP contribution >= 0.6 is 11.3 Å². The third-order valence-corrected chi connectivity index (χ3v) is 5.03. The Labute approximate surface area is 156 Å². The van der Waals surface area contributed by atoms with Crippen LogP contribution in [0.3, 0.4) is 0 Å². The zero-order chi connectivity index (χ0) is 19.8. The molecular weight excluding hydrogens is 389 g/mol. The third-order valence-electron chi connectivity index (χ3n) is 4.16. The SMILES string of the molecule is C=C1CCCN1Cc1sc(N)nc1-c1ccc(OC(F)F)c(C(F)(F)F)c1. The van der Waals surface area contributed by atoms with Gasteiger partial charge in [0, 0.05) is 17.8 Å². The van der Waals surface area contributed by atoms with Gasteiger partial charge >= 0.3 is 12.8 Å². The molecule has 27 heavy (non-hydrogen) atoms. The van der Waals surface area contributed by atoms with Crippen molar-refractivity contribution in [2.45, 2.75) is 32.2 Å². The van der Waals surface area contributed by atoms with Gasteiger partial charge in [-0.25, -0.2) is 4.98 Å². The Morgan fingerprint density at radius 2 is 2.07 bits per heavy atom. The molecule has 146 valence electrons. The largest absolute Gasteiger partial charge is 0.434 e. The van der Waals surface area contributed by atoms with Crippen LogP contribution in [-0.4, -0.2) is 23.0 Å². The summed E-state index contributed by atoms with van der Waals surface area (Å²) in [4.78, 5) is 6.85. The number of ether oxygens (including phenoxy) is 1. The van der Waals surface area contributed by atoms with Gasteiger partial charge in [0.1, 0.15) is 5.75 Å². The minimum atomic E-state index is -4.86. The van der Waals surface area contributed by atoms with Gasteiger partial charge in [0.2, 0.25) is 0 Å². The Balaban J connectivity index is 2.00. The lowest BCUT2D eigenvalue weighted by atomic mass is 10.1. The first kappa shape index (κ1) is 19.4. The number of hydrogen-bond donors (Lipinski definition) is 1. The van der Waals surface area contributed by atoms with E-state index in [1.807, 2.05) is 4.90 Å². The van der Waals surface area contributed by atoms with Crippen molar-refractivity contribution in [3.63, 3.8) is 0 Å². The first-order chi connectivity index (χ1) is 12.6. The number of nitrogen functional groups attached to an aromatic ring is 1. The zero-order valence-electron chi connectivity index (χ0n) is 14.0. The molecule has 1 aliphatic rings. The van der Waals surface area contributed by atoms with E-state index in [-0.39, 0.29) is 10.7 Å². The molecule has 0 saturated carbocycles. The molecule has 2 aromatic rings. The second kappa shape index (κ2) is 7.34. The summed E-state index contributed by atoms with van der Waals surface area (Å²) in [6.45, 7) is 1.84. The van der Waals surface area contributed by atoms with E-state index in [0.29, 0.717) is 17.1 Å². The molecule has 10 heteroatoms. The highest BCUT2D eigenvalue weighted by atomic mass is 32.1. The van der Waals surface area contributed by atoms with Gasteiger partial charge in [-0.2, -0.15) is 22.0 Å². The summed E-state index contributed by atoms with van der Waals surface area (Å²) < 4.78 is 68.7. The second-order valence-corrected chi connectivity index (χ2v) is 7.12. The van der Waals surface area contributed by atoms with Crippen LogP contribution in [0.25, 0.3) is 11.3 Å². The fraction of sp³-hybridized carbons (Fsp3) is 0.353. The number of nitrogens with two attached hydrogens (primary N) is 1. The van der Waals surface area contributed by atoms with Crippen molar-refractivity contribution in [2.75, 3.05) is 12.3 Å². The lowest BCUT2D eigenvalue weighted by molar-refractivity contribution is -0.141. The first-order valence-corrected chi connectivity index (χ1v) is 8.81. The van der Waals surface area contributed by atoms with Gasteiger partial charge in [-0.1, -0.05) is 17.9 Å². The van der Waals surface area contributed by atoms with Crippen LogP contribution < -0.4 is 10.5 Å². The van der Waals surface area contributed by atoms with E-state index in [0.717, 1.165) is 37.2 Å². The van der Waals surface area contributed by atoms with Gasteiger partial charge in [-0.15, -0.1) is 0 Å². The number of hydrogen-bond acceptors (Lipinski definition) is 5. The summed E-state index contributed by atoms with van der Waals surface area (Å²) in [6, 6.07) is 2.90. The van der Waals surface area contributed by atoms with Crippen molar-refractivity contribution in [3.05, 3.63) is 40.9 Å². The highest BCUT2D eigenvalue weighted by molar-refractivity contribution is 7.15. The third kappa shape index (κ3) is 4.32. The van der Waals surface area contributed by atoms with Crippen LogP contribution in [0.2, 0.25) is 0 Å². The van der Waals surface area contributed by atoms with Crippen LogP contribution in [-0.2, 0) is 12.7 Å². The maximum atomic E-state index is 13.3. The summed E-state index contributed by atoms with van der Waals surface area (Å²) in [5.74, 6) is -0.932. The smallest absolute Gasteiger partial charge is 0.419 e. The number of aromatic nitrogens is 1. The molecule has 1 aromatic heterocycles.